The van der Waals surface area contributed by atoms with Crippen molar-refractivity contribution in [3.05, 3.63) is 17.4 Å². The summed E-state index contributed by atoms with van der Waals surface area (Å²) in [6, 6.07) is 1.04. The van der Waals surface area contributed by atoms with Gasteiger partial charge in [-0.3, -0.25) is 0 Å². The van der Waals surface area contributed by atoms with Gasteiger partial charge in [-0.1, -0.05) is 0 Å². The van der Waals surface area contributed by atoms with Crippen LogP contribution in [0.15, 0.2) is 6.07 Å². The minimum Gasteiger partial charge on any atom is -0.505 e. The van der Waals surface area contributed by atoms with Crippen LogP contribution in [0.2, 0.25) is 0 Å². The number of carbonyl (C=O) groups excluding carboxylic acids is 1. The summed E-state index contributed by atoms with van der Waals surface area (Å²) in [4.78, 5) is 10.3. The molecule has 0 aliphatic rings. The van der Waals surface area contributed by atoms with Crippen LogP contribution in [0.4, 0.5) is 4.39 Å². The predicted octanol–water partition coefficient (Wildman–Crippen LogP) is 1.68. The Morgan fingerprint density at radius 1 is 1.44 bits per heavy atom. The molecule has 0 heterocycles. The Balaban J connectivity index is 3.28. The third-order valence-electron chi connectivity index (χ3n) is 2.20. The lowest BCUT2D eigenvalue weighted by atomic mass is 10.1. The van der Waals surface area contributed by atoms with Crippen LogP contribution in [0.5, 0.6) is 17.2 Å². The van der Waals surface area contributed by atoms with Gasteiger partial charge >= 0.3 is 0 Å². The van der Waals surface area contributed by atoms with Gasteiger partial charge in [0.2, 0.25) is 0 Å². The number of phenols is 1. The van der Waals surface area contributed by atoms with Crippen LogP contribution in [-0.2, 0) is 11.2 Å². The standard InChI is InChI=1S/C11H13FO4/c1-15-9-6-8(12)10(14)7(4-3-5-13)11(9)16-2/h5-6,14H,3-4H2,1-2H3. The second-order valence-corrected chi connectivity index (χ2v) is 3.13. The molecule has 0 amide bonds. The molecular formula is C11H13FO4. The van der Waals surface area contributed by atoms with E-state index in [1.54, 1.807) is 0 Å². The molecule has 0 saturated carbocycles. The second-order valence-electron chi connectivity index (χ2n) is 3.13. The van der Waals surface area contributed by atoms with Crippen molar-refractivity contribution in [2.75, 3.05) is 14.2 Å². The van der Waals surface area contributed by atoms with Crippen LogP contribution in [0, 0.1) is 5.82 Å². The zero-order valence-corrected chi connectivity index (χ0v) is 9.12. The minimum absolute atomic E-state index is 0.177. The van der Waals surface area contributed by atoms with E-state index < -0.39 is 11.6 Å². The fourth-order valence-electron chi connectivity index (χ4n) is 1.46. The van der Waals surface area contributed by atoms with E-state index in [0.29, 0.717) is 6.29 Å². The maximum Gasteiger partial charge on any atom is 0.169 e. The second kappa shape index (κ2) is 5.34. The normalized spacial score (nSPS) is 9.94. The highest BCUT2D eigenvalue weighted by molar-refractivity contribution is 5.57. The van der Waals surface area contributed by atoms with E-state index >= 15 is 0 Å². The van der Waals surface area contributed by atoms with Crippen molar-refractivity contribution in [2.45, 2.75) is 12.8 Å². The number of carbonyl (C=O) groups is 1. The Morgan fingerprint density at radius 3 is 2.62 bits per heavy atom. The fraction of sp³-hybridized carbons (Fsp3) is 0.364. The molecule has 0 saturated heterocycles. The first-order valence-corrected chi connectivity index (χ1v) is 4.71. The van der Waals surface area contributed by atoms with E-state index in [1.807, 2.05) is 0 Å². The van der Waals surface area contributed by atoms with Crippen LogP contribution < -0.4 is 9.47 Å². The molecule has 0 aliphatic carbocycles. The highest BCUT2D eigenvalue weighted by Crippen LogP contribution is 2.39. The number of hydrogen-bond donors (Lipinski definition) is 1. The van der Waals surface area contributed by atoms with Crippen LogP contribution in [-0.4, -0.2) is 25.6 Å². The first-order chi connectivity index (χ1) is 7.65. The summed E-state index contributed by atoms with van der Waals surface area (Å²) in [6.07, 6.45) is 1.07. The Kier molecular flexibility index (Phi) is 4.10. The summed E-state index contributed by atoms with van der Waals surface area (Å²) in [5.74, 6) is -0.847. The topological polar surface area (TPSA) is 55.8 Å². The smallest absolute Gasteiger partial charge is 0.169 e. The number of ether oxygens (including phenoxy) is 2. The van der Waals surface area contributed by atoms with Gasteiger partial charge in [-0.15, -0.1) is 0 Å². The van der Waals surface area contributed by atoms with Crippen LogP contribution in [0.25, 0.3) is 0 Å². The molecule has 0 aromatic heterocycles. The Hall–Kier alpha value is -1.78. The van der Waals surface area contributed by atoms with Crippen molar-refractivity contribution in [1.29, 1.82) is 0 Å². The Bertz CT molecular complexity index is 390. The summed E-state index contributed by atoms with van der Waals surface area (Å²) >= 11 is 0. The van der Waals surface area contributed by atoms with Crippen molar-refractivity contribution in [3.63, 3.8) is 0 Å². The van der Waals surface area contributed by atoms with Crippen molar-refractivity contribution in [2.24, 2.45) is 0 Å². The third kappa shape index (κ3) is 2.24. The fourth-order valence-corrected chi connectivity index (χ4v) is 1.46. The van der Waals surface area contributed by atoms with Gasteiger partial charge in [-0.25, -0.2) is 4.39 Å². The molecule has 0 bridgehead atoms. The molecule has 1 rings (SSSR count). The molecule has 4 nitrogen and oxygen atoms in total. The first-order valence-electron chi connectivity index (χ1n) is 4.71. The maximum atomic E-state index is 13.3. The van der Waals surface area contributed by atoms with Gasteiger partial charge in [0.1, 0.15) is 6.29 Å². The van der Waals surface area contributed by atoms with E-state index in [1.165, 1.54) is 14.2 Å². The number of benzene rings is 1. The number of aromatic hydroxyl groups is 1. The number of methoxy groups -OCH3 is 2. The molecule has 1 N–H and O–H groups in total. The van der Waals surface area contributed by atoms with Gasteiger partial charge < -0.3 is 19.4 Å². The number of hydrogen-bond acceptors (Lipinski definition) is 4. The van der Waals surface area contributed by atoms with Crippen LogP contribution in [0.1, 0.15) is 12.0 Å². The van der Waals surface area contributed by atoms with Crippen LogP contribution in [0.3, 0.4) is 0 Å². The summed E-state index contributed by atoms with van der Waals surface area (Å²) in [5.41, 5.74) is 0.242. The molecule has 5 heteroatoms. The third-order valence-corrected chi connectivity index (χ3v) is 2.20. The summed E-state index contributed by atoms with van der Waals surface area (Å²) in [7, 11) is 2.76. The summed E-state index contributed by atoms with van der Waals surface area (Å²) < 4.78 is 23.3. The predicted molar refractivity (Wildman–Crippen MR) is 55.6 cm³/mol. The SMILES string of the molecule is COc1cc(F)c(O)c(CCC=O)c1OC. The van der Waals surface area contributed by atoms with Crippen molar-refractivity contribution in [3.8, 4) is 17.2 Å². The summed E-state index contributed by atoms with van der Waals surface area (Å²) in [5, 5.41) is 9.53. The lowest BCUT2D eigenvalue weighted by Crippen LogP contribution is -1.99. The molecule has 0 spiro atoms. The number of phenolic OH excluding ortho intramolecular Hbond substituents is 1. The van der Waals surface area contributed by atoms with Gasteiger partial charge in [-0.05, 0) is 6.42 Å². The maximum absolute atomic E-state index is 13.3. The summed E-state index contributed by atoms with van der Waals surface area (Å²) in [6.45, 7) is 0. The average molecular weight is 228 g/mol. The van der Waals surface area contributed by atoms with E-state index in [2.05, 4.69) is 0 Å². The Morgan fingerprint density at radius 2 is 2.12 bits per heavy atom. The van der Waals surface area contributed by atoms with Crippen molar-refractivity contribution in [1.82, 2.24) is 0 Å². The van der Waals surface area contributed by atoms with E-state index in [9.17, 15) is 14.3 Å². The number of aldehydes is 1. The van der Waals surface area contributed by atoms with Gasteiger partial charge in [0.15, 0.2) is 23.1 Å². The molecule has 88 valence electrons. The lowest BCUT2D eigenvalue weighted by Gasteiger charge is -2.14. The van der Waals surface area contributed by atoms with Gasteiger partial charge in [0.05, 0.1) is 14.2 Å². The van der Waals surface area contributed by atoms with Gasteiger partial charge in [-0.2, -0.15) is 0 Å². The van der Waals surface area contributed by atoms with E-state index in [0.717, 1.165) is 6.07 Å². The average Bonchev–Trinajstić information content (AvgIpc) is 2.30. The molecule has 0 unspecified atom stereocenters. The minimum atomic E-state index is -0.793. The zero-order chi connectivity index (χ0) is 12.1. The van der Waals surface area contributed by atoms with E-state index in [4.69, 9.17) is 9.47 Å². The molecule has 0 fully saturated rings. The van der Waals surface area contributed by atoms with Crippen LogP contribution >= 0.6 is 0 Å². The molecule has 0 atom stereocenters. The lowest BCUT2D eigenvalue weighted by molar-refractivity contribution is -0.107. The van der Waals surface area contributed by atoms with Gasteiger partial charge in [0.25, 0.3) is 0 Å². The molecular weight excluding hydrogens is 215 g/mol. The largest absolute Gasteiger partial charge is 0.505 e. The molecule has 0 aliphatic heterocycles. The van der Waals surface area contributed by atoms with Crippen molar-refractivity contribution >= 4 is 6.29 Å². The zero-order valence-electron chi connectivity index (χ0n) is 9.12. The van der Waals surface area contributed by atoms with Crippen molar-refractivity contribution < 1.29 is 23.8 Å². The number of halogens is 1. The Labute approximate surface area is 92.6 Å². The first kappa shape index (κ1) is 12.3. The van der Waals surface area contributed by atoms with E-state index in [-0.39, 0.29) is 29.9 Å². The van der Waals surface area contributed by atoms with Gasteiger partial charge in [0, 0.05) is 18.1 Å². The monoisotopic (exact) mass is 228 g/mol. The molecule has 16 heavy (non-hydrogen) atoms. The highest BCUT2D eigenvalue weighted by Gasteiger charge is 2.18. The molecule has 1 aromatic rings. The quantitative estimate of drug-likeness (QED) is 0.779. The molecule has 1 aromatic carbocycles. The molecule has 0 radical (unpaired) electrons. The highest BCUT2D eigenvalue weighted by atomic mass is 19.1. The number of rotatable bonds is 5.